The molecule has 0 saturated heterocycles. The molecule has 0 aliphatic carbocycles. The number of rotatable bonds is 6. The molecule has 0 radical (unpaired) electrons. The molecule has 0 saturated carbocycles. The molecule has 9 nitrogen and oxygen atoms in total. The fraction of sp³-hybridized carbons (Fsp3) is 0.217. The van der Waals surface area contributed by atoms with Gasteiger partial charge in [0, 0.05) is 23.6 Å². The highest BCUT2D eigenvalue weighted by Gasteiger charge is 2.09. The summed E-state index contributed by atoms with van der Waals surface area (Å²) in [5, 5.41) is 14.9. The predicted molar refractivity (Wildman–Crippen MR) is 139 cm³/mol. The number of hydrogen-bond donors (Lipinski definition) is 4. The molecular formula is C23H27N7O2S2. The van der Waals surface area contributed by atoms with Gasteiger partial charge < -0.3 is 10.6 Å². The number of sulfonamides is 1. The number of nitrogens with two attached hydrogens (primary N) is 1. The Hall–Kier alpha value is -3.41. The number of nitrogens with zero attached hydrogens (tertiary/aromatic N) is 3. The van der Waals surface area contributed by atoms with Crippen LogP contribution in [-0.2, 0) is 16.4 Å². The Bertz CT molecular complexity index is 1290. The quantitative estimate of drug-likeness (QED) is 0.232. The Labute approximate surface area is 205 Å². The van der Waals surface area contributed by atoms with Crippen LogP contribution in [0.25, 0.3) is 0 Å². The van der Waals surface area contributed by atoms with Crippen molar-refractivity contribution in [1.82, 2.24) is 15.3 Å². The standard InChI is InChI=1S/C23H27N7O2S2/c1-15-6-4-5-7-20(15)28-23(33)30-21(29-22-26-16(2)14-17(3)27-22)25-13-12-18-8-10-19(11-9-18)34(24,31)32/h4-11,14H,12-13H2,1-3H3,(H2,24,31,32)(H3,25,26,27,28,29,30,33). The first-order valence-corrected chi connectivity index (χ1v) is 12.4. The van der Waals surface area contributed by atoms with E-state index in [1.807, 2.05) is 51.1 Å². The van der Waals surface area contributed by atoms with Crippen LogP contribution in [0.2, 0.25) is 0 Å². The normalized spacial score (nSPS) is 11.7. The molecule has 0 aliphatic heterocycles. The van der Waals surface area contributed by atoms with Crippen LogP contribution in [-0.4, -0.2) is 36.0 Å². The molecule has 5 N–H and O–H groups in total. The zero-order valence-corrected chi connectivity index (χ0v) is 20.8. The summed E-state index contributed by atoms with van der Waals surface area (Å²) in [7, 11) is -3.72. The Morgan fingerprint density at radius 3 is 2.26 bits per heavy atom. The van der Waals surface area contributed by atoms with Gasteiger partial charge in [-0.2, -0.15) is 0 Å². The van der Waals surface area contributed by atoms with E-state index < -0.39 is 10.0 Å². The summed E-state index contributed by atoms with van der Waals surface area (Å²) < 4.78 is 22.9. The highest BCUT2D eigenvalue weighted by Crippen LogP contribution is 2.13. The summed E-state index contributed by atoms with van der Waals surface area (Å²) in [6, 6.07) is 16.1. The average Bonchev–Trinajstić information content (AvgIpc) is 2.74. The maximum atomic E-state index is 11.4. The highest BCUT2D eigenvalue weighted by atomic mass is 32.2. The first kappa shape index (κ1) is 25.2. The van der Waals surface area contributed by atoms with Crippen LogP contribution in [0.5, 0.6) is 0 Å². The van der Waals surface area contributed by atoms with Gasteiger partial charge in [-0.15, -0.1) is 0 Å². The zero-order chi connectivity index (χ0) is 24.7. The monoisotopic (exact) mass is 497 g/mol. The second kappa shape index (κ2) is 11.1. The third-order valence-electron chi connectivity index (χ3n) is 4.76. The summed E-state index contributed by atoms with van der Waals surface area (Å²) in [5.41, 5.74) is 4.50. The number of aryl methyl sites for hydroxylation is 3. The molecule has 34 heavy (non-hydrogen) atoms. The van der Waals surface area contributed by atoms with E-state index in [2.05, 4.69) is 30.9 Å². The Kier molecular flexibility index (Phi) is 8.26. The molecule has 11 heteroatoms. The fourth-order valence-corrected chi connectivity index (χ4v) is 3.84. The van der Waals surface area contributed by atoms with E-state index in [0.29, 0.717) is 30.0 Å². The van der Waals surface area contributed by atoms with Crippen molar-refractivity contribution >= 4 is 44.9 Å². The van der Waals surface area contributed by atoms with Crippen LogP contribution in [0.1, 0.15) is 22.5 Å². The van der Waals surface area contributed by atoms with Crippen LogP contribution in [0.4, 0.5) is 11.6 Å². The number of para-hydroxylation sites is 1. The van der Waals surface area contributed by atoms with Gasteiger partial charge in [-0.05, 0) is 74.8 Å². The molecule has 0 aliphatic rings. The van der Waals surface area contributed by atoms with Gasteiger partial charge in [-0.25, -0.2) is 23.5 Å². The van der Waals surface area contributed by atoms with Gasteiger partial charge in [0.25, 0.3) is 0 Å². The Morgan fingerprint density at radius 1 is 1.00 bits per heavy atom. The molecule has 0 bridgehead atoms. The SMILES string of the molecule is Cc1cc(C)nc(NC(=NCCc2ccc(S(N)(=O)=O)cc2)NC(=S)Nc2ccccc2C)n1. The Morgan fingerprint density at radius 2 is 1.65 bits per heavy atom. The van der Waals surface area contributed by atoms with Crippen molar-refractivity contribution in [2.75, 3.05) is 17.2 Å². The van der Waals surface area contributed by atoms with Crippen LogP contribution in [0.3, 0.4) is 0 Å². The van der Waals surface area contributed by atoms with Crippen molar-refractivity contribution in [1.29, 1.82) is 0 Å². The second-order valence-corrected chi connectivity index (χ2v) is 9.63. The van der Waals surface area contributed by atoms with E-state index in [0.717, 1.165) is 28.2 Å². The molecule has 0 spiro atoms. The number of primary sulfonamides is 1. The third-order valence-corrected chi connectivity index (χ3v) is 5.89. The van der Waals surface area contributed by atoms with E-state index in [-0.39, 0.29) is 4.90 Å². The zero-order valence-electron chi connectivity index (χ0n) is 19.2. The molecular weight excluding hydrogens is 470 g/mol. The number of aromatic nitrogens is 2. The summed E-state index contributed by atoms with van der Waals surface area (Å²) in [6.07, 6.45) is 0.573. The van der Waals surface area contributed by atoms with Gasteiger partial charge >= 0.3 is 0 Å². The lowest BCUT2D eigenvalue weighted by Gasteiger charge is -2.15. The average molecular weight is 498 g/mol. The predicted octanol–water partition coefficient (Wildman–Crippen LogP) is 3.05. The smallest absolute Gasteiger partial charge is 0.238 e. The Balaban J connectivity index is 1.74. The molecule has 2 aromatic carbocycles. The first-order valence-electron chi connectivity index (χ1n) is 10.5. The van der Waals surface area contributed by atoms with E-state index >= 15 is 0 Å². The minimum absolute atomic E-state index is 0.0726. The van der Waals surface area contributed by atoms with Crippen LogP contribution < -0.4 is 21.1 Å². The van der Waals surface area contributed by atoms with Gasteiger partial charge in [-0.3, -0.25) is 10.3 Å². The molecule has 0 amide bonds. The fourth-order valence-electron chi connectivity index (χ4n) is 3.11. The largest absolute Gasteiger partial charge is 0.332 e. The summed E-state index contributed by atoms with van der Waals surface area (Å²) in [4.78, 5) is 13.5. The number of benzene rings is 2. The maximum Gasteiger partial charge on any atom is 0.238 e. The summed E-state index contributed by atoms with van der Waals surface area (Å²) in [6.45, 7) is 6.17. The molecule has 0 atom stereocenters. The van der Waals surface area contributed by atoms with Crippen molar-refractivity contribution in [2.45, 2.75) is 32.1 Å². The van der Waals surface area contributed by atoms with Gasteiger partial charge in [-0.1, -0.05) is 30.3 Å². The minimum Gasteiger partial charge on any atom is -0.332 e. The van der Waals surface area contributed by atoms with E-state index in [1.54, 1.807) is 12.1 Å². The van der Waals surface area contributed by atoms with Crippen molar-refractivity contribution in [2.24, 2.45) is 10.1 Å². The number of thiocarbonyl (C=S) groups is 1. The lowest BCUT2D eigenvalue weighted by molar-refractivity contribution is 0.598. The van der Waals surface area contributed by atoms with Crippen molar-refractivity contribution in [3.8, 4) is 0 Å². The molecule has 3 aromatic rings. The third kappa shape index (κ3) is 7.58. The number of aliphatic imine (C=N–C) groups is 1. The van der Waals surface area contributed by atoms with E-state index in [1.165, 1.54) is 12.1 Å². The van der Waals surface area contributed by atoms with Gasteiger partial charge in [0.05, 0.1) is 4.90 Å². The number of nitrogens with one attached hydrogen (secondary N) is 3. The van der Waals surface area contributed by atoms with Crippen LogP contribution >= 0.6 is 12.2 Å². The number of anilines is 2. The summed E-state index contributed by atoms with van der Waals surface area (Å²) in [5.74, 6) is 0.789. The second-order valence-electron chi connectivity index (χ2n) is 7.66. The van der Waals surface area contributed by atoms with E-state index in [9.17, 15) is 8.42 Å². The molecule has 3 rings (SSSR count). The lowest BCUT2D eigenvalue weighted by Crippen LogP contribution is -2.39. The minimum atomic E-state index is -3.72. The highest BCUT2D eigenvalue weighted by molar-refractivity contribution is 7.89. The molecule has 0 unspecified atom stereocenters. The topological polar surface area (TPSA) is 134 Å². The van der Waals surface area contributed by atoms with Crippen molar-refractivity contribution in [3.63, 3.8) is 0 Å². The first-order chi connectivity index (χ1) is 16.1. The van der Waals surface area contributed by atoms with Gasteiger partial charge in [0.15, 0.2) is 5.11 Å². The number of guanidine groups is 1. The van der Waals surface area contributed by atoms with Crippen LogP contribution in [0, 0.1) is 20.8 Å². The number of hydrogen-bond acceptors (Lipinski definition) is 6. The van der Waals surface area contributed by atoms with Crippen LogP contribution in [0.15, 0.2) is 64.5 Å². The van der Waals surface area contributed by atoms with Crippen molar-refractivity contribution in [3.05, 3.63) is 77.1 Å². The van der Waals surface area contributed by atoms with E-state index in [4.69, 9.17) is 17.4 Å². The van der Waals surface area contributed by atoms with Crippen molar-refractivity contribution < 1.29 is 8.42 Å². The van der Waals surface area contributed by atoms with Gasteiger partial charge in [0.1, 0.15) is 0 Å². The van der Waals surface area contributed by atoms with Gasteiger partial charge in [0.2, 0.25) is 21.9 Å². The maximum absolute atomic E-state index is 11.4. The molecule has 1 aromatic heterocycles. The molecule has 1 heterocycles. The molecule has 178 valence electrons. The molecule has 0 fully saturated rings. The lowest BCUT2D eigenvalue weighted by atomic mass is 10.1. The summed E-state index contributed by atoms with van der Waals surface area (Å²) >= 11 is 5.48.